The lowest BCUT2D eigenvalue weighted by Crippen LogP contribution is -2.00. The van der Waals surface area contributed by atoms with E-state index in [0.29, 0.717) is 17.8 Å². The quantitative estimate of drug-likeness (QED) is 0.837. The zero-order valence-electron chi connectivity index (χ0n) is 8.94. The molecule has 0 spiro atoms. The second kappa shape index (κ2) is 4.37. The van der Waals surface area contributed by atoms with Gasteiger partial charge in [0.2, 0.25) is 0 Å². The maximum Gasteiger partial charge on any atom is 0.126 e. The van der Waals surface area contributed by atoms with Gasteiger partial charge in [-0.05, 0) is 24.6 Å². The smallest absolute Gasteiger partial charge is 0.126 e. The maximum absolute atomic E-state index is 13.4. The zero-order chi connectivity index (χ0) is 11.5. The van der Waals surface area contributed by atoms with Gasteiger partial charge in [-0.25, -0.2) is 14.4 Å². The fraction of sp³-hybridized carbons (Fsp3) is 0.167. The molecular weight excluding hydrogens is 205 g/mol. The summed E-state index contributed by atoms with van der Waals surface area (Å²) in [7, 11) is 0. The Bertz CT molecular complexity index is 511. The van der Waals surface area contributed by atoms with Crippen LogP contribution in [-0.2, 0) is 6.54 Å². The fourth-order valence-corrected chi connectivity index (χ4v) is 1.42. The Morgan fingerprint density at radius 3 is 2.75 bits per heavy atom. The maximum atomic E-state index is 13.4. The molecule has 0 unspecified atom stereocenters. The lowest BCUT2D eigenvalue weighted by Gasteiger charge is -2.03. The Kier molecular flexibility index (Phi) is 2.92. The van der Waals surface area contributed by atoms with E-state index in [0.717, 1.165) is 11.3 Å². The van der Waals surface area contributed by atoms with Gasteiger partial charge in [0, 0.05) is 12.1 Å². The van der Waals surface area contributed by atoms with Gasteiger partial charge in [-0.15, -0.1) is 0 Å². The summed E-state index contributed by atoms with van der Waals surface area (Å²) in [5.41, 5.74) is 8.28. The first-order valence-corrected chi connectivity index (χ1v) is 4.98. The molecule has 0 aliphatic carbocycles. The Hall–Kier alpha value is -1.81. The largest absolute Gasteiger partial charge is 0.325 e. The first-order chi connectivity index (χ1) is 7.70. The van der Waals surface area contributed by atoms with Crippen LogP contribution >= 0.6 is 0 Å². The van der Waals surface area contributed by atoms with Crippen LogP contribution in [0.15, 0.2) is 30.6 Å². The summed E-state index contributed by atoms with van der Waals surface area (Å²) >= 11 is 0. The van der Waals surface area contributed by atoms with Crippen LogP contribution in [0.1, 0.15) is 11.3 Å². The molecular formula is C12H12FN3. The zero-order valence-corrected chi connectivity index (χ0v) is 8.94. The number of aromatic nitrogens is 2. The van der Waals surface area contributed by atoms with Crippen LogP contribution in [0.3, 0.4) is 0 Å². The van der Waals surface area contributed by atoms with Crippen molar-refractivity contribution in [2.24, 2.45) is 5.73 Å². The third-order valence-electron chi connectivity index (χ3n) is 2.40. The molecule has 2 N–H and O–H groups in total. The van der Waals surface area contributed by atoms with Crippen molar-refractivity contribution in [3.05, 3.63) is 47.7 Å². The minimum Gasteiger partial charge on any atom is -0.325 e. The first-order valence-electron chi connectivity index (χ1n) is 4.98. The van der Waals surface area contributed by atoms with Crippen molar-refractivity contribution in [3.8, 4) is 11.3 Å². The number of aryl methyl sites for hydroxylation is 1. The fourth-order valence-electron chi connectivity index (χ4n) is 1.42. The molecule has 16 heavy (non-hydrogen) atoms. The number of halogens is 1. The van der Waals surface area contributed by atoms with Crippen LogP contribution in [0, 0.1) is 12.7 Å². The van der Waals surface area contributed by atoms with Gasteiger partial charge in [0.15, 0.2) is 0 Å². The Morgan fingerprint density at radius 2 is 2.06 bits per heavy atom. The lowest BCUT2D eigenvalue weighted by atomic mass is 10.1. The lowest BCUT2D eigenvalue weighted by molar-refractivity contribution is 0.619. The molecule has 0 bridgehead atoms. The molecule has 2 aromatic rings. The minimum atomic E-state index is -0.231. The normalized spacial score (nSPS) is 10.4. The Balaban J connectivity index is 2.46. The van der Waals surface area contributed by atoms with Crippen molar-refractivity contribution >= 4 is 0 Å². The molecule has 0 atom stereocenters. The van der Waals surface area contributed by atoms with Crippen LogP contribution in [0.4, 0.5) is 4.39 Å². The molecule has 0 amide bonds. The number of benzene rings is 1. The summed E-state index contributed by atoms with van der Waals surface area (Å²) in [5.74, 6) is -0.231. The van der Waals surface area contributed by atoms with E-state index in [-0.39, 0.29) is 5.82 Å². The minimum absolute atomic E-state index is 0.231. The summed E-state index contributed by atoms with van der Waals surface area (Å²) in [4.78, 5) is 8.09. The molecule has 3 nitrogen and oxygen atoms in total. The summed E-state index contributed by atoms with van der Waals surface area (Å²) in [6, 6.07) is 6.80. The van der Waals surface area contributed by atoms with Crippen molar-refractivity contribution < 1.29 is 4.39 Å². The van der Waals surface area contributed by atoms with Crippen molar-refractivity contribution in [1.29, 1.82) is 0 Å². The van der Waals surface area contributed by atoms with Gasteiger partial charge in [-0.3, -0.25) is 0 Å². The number of nitrogens with two attached hydrogens (primary N) is 1. The highest BCUT2D eigenvalue weighted by Crippen LogP contribution is 2.19. The molecule has 1 heterocycles. The van der Waals surface area contributed by atoms with E-state index in [1.807, 2.05) is 6.07 Å². The second-order valence-electron chi connectivity index (χ2n) is 3.56. The topological polar surface area (TPSA) is 51.8 Å². The molecule has 0 saturated heterocycles. The molecule has 1 aromatic heterocycles. The van der Waals surface area contributed by atoms with E-state index in [4.69, 9.17) is 5.73 Å². The van der Waals surface area contributed by atoms with Gasteiger partial charge < -0.3 is 5.73 Å². The van der Waals surface area contributed by atoms with E-state index < -0.39 is 0 Å². The molecule has 82 valence electrons. The van der Waals surface area contributed by atoms with Crippen LogP contribution in [0.5, 0.6) is 0 Å². The molecule has 1 aromatic carbocycles. The number of hydrogen-bond donors (Lipinski definition) is 1. The molecule has 0 aliphatic heterocycles. The second-order valence-corrected chi connectivity index (χ2v) is 3.56. The molecule has 0 fully saturated rings. The van der Waals surface area contributed by atoms with E-state index in [2.05, 4.69) is 9.97 Å². The highest BCUT2D eigenvalue weighted by Gasteiger charge is 2.04. The van der Waals surface area contributed by atoms with E-state index in [1.165, 1.54) is 12.4 Å². The van der Waals surface area contributed by atoms with Gasteiger partial charge in [0.05, 0.1) is 11.4 Å². The summed E-state index contributed by atoms with van der Waals surface area (Å²) < 4.78 is 13.4. The van der Waals surface area contributed by atoms with Crippen LogP contribution in [0.2, 0.25) is 0 Å². The monoisotopic (exact) mass is 217 g/mol. The number of rotatable bonds is 2. The van der Waals surface area contributed by atoms with Gasteiger partial charge in [-0.2, -0.15) is 0 Å². The van der Waals surface area contributed by atoms with Crippen molar-refractivity contribution in [1.82, 2.24) is 9.97 Å². The summed E-state index contributed by atoms with van der Waals surface area (Å²) in [6.07, 6.45) is 1.44. The molecule has 4 heteroatoms. The third kappa shape index (κ3) is 2.06. The summed E-state index contributed by atoms with van der Waals surface area (Å²) in [5, 5.41) is 0. The van der Waals surface area contributed by atoms with Crippen molar-refractivity contribution in [3.63, 3.8) is 0 Å². The third-order valence-corrected chi connectivity index (χ3v) is 2.40. The van der Waals surface area contributed by atoms with Crippen molar-refractivity contribution in [2.75, 3.05) is 0 Å². The van der Waals surface area contributed by atoms with E-state index in [1.54, 1.807) is 19.1 Å². The predicted molar refractivity (Wildman–Crippen MR) is 60.1 cm³/mol. The van der Waals surface area contributed by atoms with Gasteiger partial charge in [-0.1, -0.05) is 12.1 Å². The van der Waals surface area contributed by atoms with Gasteiger partial charge >= 0.3 is 0 Å². The number of hydrogen-bond acceptors (Lipinski definition) is 3. The average molecular weight is 217 g/mol. The van der Waals surface area contributed by atoms with Crippen LogP contribution in [0.25, 0.3) is 11.3 Å². The number of nitrogens with zero attached hydrogens (tertiary/aromatic N) is 2. The highest BCUT2D eigenvalue weighted by atomic mass is 19.1. The average Bonchev–Trinajstić information content (AvgIpc) is 2.33. The standard InChI is InChI=1S/C12H12FN3/c1-8-2-3-9(4-11(8)13)12-5-10(6-14)15-7-16-12/h2-5,7H,6,14H2,1H3. The van der Waals surface area contributed by atoms with Crippen molar-refractivity contribution in [2.45, 2.75) is 13.5 Å². The van der Waals surface area contributed by atoms with Crippen LogP contribution < -0.4 is 5.73 Å². The Labute approximate surface area is 93.2 Å². The predicted octanol–water partition coefficient (Wildman–Crippen LogP) is 2.05. The van der Waals surface area contributed by atoms with Gasteiger partial charge in [0.25, 0.3) is 0 Å². The van der Waals surface area contributed by atoms with Gasteiger partial charge in [0.1, 0.15) is 12.1 Å². The van der Waals surface area contributed by atoms with E-state index >= 15 is 0 Å². The molecule has 0 aliphatic rings. The molecule has 0 saturated carbocycles. The molecule has 0 radical (unpaired) electrons. The first kappa shape index (κ1) is 10.7. The summed E-state index contributed by atoms with van der Waals surface area (Å²) in [6.45, 7) is 2.08. The van der Waals surface area contributed by atoms with E-state index in [9.17, 15) is 4.39 Å². The highest BCUT2D eigenvalue weighted by molar-refractivity contribution is 5.59. The SMILES string of the molecule is Cc1ccc(-c2cc(CN)ncn2)cc1F. The van der Waals surface area contributed by atoms with Crippen LogP contribution in [-0.4, -0.2) is 9.97 Å². The Morgan fingerprint density at radius 1 is 1.25 bits per heavy atom. The molecule has 2 rings (SSSR count).